The number of aryl methyl sites for hydroxylation is 1. The number of thiophene rings is 1. The second kappa shape index (κ2) is 7.72. The van der Waals surface area contributed by atoms with Gasteiger partial charge in [-0.3, -0.25) is 4.79 Å². The number of esters is 1. The molecule has 1 aliphatic carbocycles. The highest BCUT2D eigenvalue weighted by molar-refractivity contribution is 7.98. The summed E-state index contributed by atoms with van der Waals surface area (Å²) >= 11 is 3.09. The molecule has 2 atom stereocenters. The van der Waals surface area contributed by atoms with E-state index < -0.39 is 12.1 Å². The third kappa shape index (κ3) is 3.49. The van der Waals surface area contributed by atoms with Gasteiger partial charge in [-0.15, -0.1) is 23.1 Å². The molecule has 7 heteroatoms. The SMILES string of the molecule is CSc1ccccc1C(=O)O[C@H](C)c1nc2sc3c(c2c(=O)[nH]1)CC[C@H](C)C3. The van der Waals surface area contributed by atoms with Gasteiger partial charge in [0.2, 0.25) is 0 Å². The van der Waals surface area contributed by atoms with Crippen molar-refractivity contribution < 1.29 is 9.53 Å². The van der Waals surface area contributed by atoms with Crippen LogP contribution < -0.4 is 5.56 Å². The van der Waals surface area contributed by atoms with Gasteiger partial charge >= 0.3 is 5.97 Å². The van der Waals surface area contributed by atoms with Crippen molar-refractivity contribution in [3.8, 4) is 0 Å². The molecule has 2 aromatic heterocycles. The molecule has 28 heavy (non-hydrogen) atoms. The normalized spacial score (nSPS) is 17.3. The number of nitrogens with zero attached hydrogens (tertiary/aromatic N) is 1. The lowest BCUT2D eigenvalue weighted by molar-refractivity contribution is 0.0316. The summed E-state index contributed by atoms with van der Waals surface area (Å²) < 4.78 is 5.61. The fraction of sp³-hybridized carbons (Fsp3) is 0.381. The smallest absolute Gasteiger partial charge is 0.339 e. The van der Waals surface area contributed by atoms with E-state index >= 15 is 0 Å². The lowest BCUT2D eigenvalue weighted by atomic mass is 9.89. The van der Waals surface area contributed by atoms with Gasteiger partial charge in [0.05, 0.1) is 10.9 Å². The van der Waals surface area contributed by atoms with E-state index in [1.807, 2.05) is 24.5 Å². The molecular weight excluding hydrogens is 392 g/mol. The van der Waals surface area contributed by atoms with E-state index in [2.05, 4.69) is 16.9 Å². The van der Waals surface area contributed by atoms with Gasteiger partial charge in [-0.2, -0.15) is 0 Å². The zero-order valence-corrected chi connectivity index (χ0v) is 17.7. The number of thioether (sulfide) groups is 1. The molecule has 1 N–H and O–H groups in total. The second-order valence-corrected chi connectivity index (χ2v) is 9.16. The Hall–Kier alpha value is -2.12. The van der Waals surface area contributed by atoms with Crippen LogP contribution in [0.5, 0.6) is 0 Å². The molecular formula is C21H22N2O3S2. The van der Waals surface area contributed by atoms with E-state index in [9.17, 15) is 9.59 Å². The second-order valence-electron chi connectivity index (χ2n) is 7.23. The molecule has 0 amide bonds. The van der Waals surface area contributed by atoms with Crippen LogP contribution in [-0.2, 0) is 17.6 Å². The van der Waals surface area contributed by atoms with E-state index in [-0.39, 0.29) is 5.56 Å². The molecule has 1 aliphatic rings. The number of aromatic amines is 1. The number of rotatable bonds is 4. The first-order chi connectivity index (χ1) is 13.5. The Morgan fingerprint density at radius 3 is 2.96 bits per heavy atom. The summed E-state index contributed by atoms with van der Waals surface area (Å²) in [4.78, 5) is 35.7. The molecule has 0 bridgehead atoms. The highest BCUT2D eigenvalue weighted by atomic mass is 32.2. The van der Waals surface area contributed by atoms with Crippen molar-refractivity contribution in [3.05, 3.63) is 56.4 Å². The molecule has 0 unspecified atom stereocenters. The average Bonchev–Trinajstić information content (AvgIpc) is 3.05. The number of aromatic nitrogens is 2. The Bertz CT molecular complexity index is 1100. The molecule has 3 aromatic rings. The Morgan fingerprint density at radius 2 is 2.18 bits per heavy atom. The minimum absolute atomic E-state index is 0.139. The van der Waals surface area contributed by atoms with Gasteiger partial charge in [-0.1, -0.05) is 19.1 Å². The van der Waals surface area contributed by atoms with E-state index in [0.717, 1.165) is 34.6 Å². The summed E-state index contributed by atoms with van der Waals surface area (Å²) in [6.07, 6.45) is 4.31. The minimum Gasteiger partial charge on any atom is -0.451 e. The predicted molar refractivity (Wildman–Crippen MR) is 113 cm³/mol. The maximum atomic E-state index is 12.7. The molecule has 0 radical (unpaired) electrons. The molecule has 0 fully saturated rings. The zero-order valence-electron chi connectivity index (χ0n) is 16.1. The van der Waals surface area contributed by atoms with E-state index in [1.165, 1.54) is 16.6 Å². The standard InChI is InChI=1S/C21H22N2O3S2/c1-11-8-9-13-16(10-11)28-20-17(13)19(24)22-18(23-20)12(2)26-21(25)14-6-4-5-7-15(14)27-3/h4-7,11-12H,8-10H2,1-3H3,(H,22,23,24)/t11-,12+/m0/s1. The fourth-order valence-corrected chi connectivity index (χ4v) is 5.63. The van der Waals surface area contributed by atoms with Gasteiger partial charge in [-0.25, -0.2) is 9.78 Å². The van der Waals surface area contributed by atoms with Crippen LogP contribution in [-0.4, -0.2) is 22.2 Å². The number of fused-ring (bicyclic) bond motifs is 3. The average molecular weight is 415 g/mol. The van der Waals surface area contributed by atoms with Crippen LogP contribution in [0, 0.1) is 5.92 Å². The number of H-pyrrole nitrogens is 1. The molecule has 0 aliphatic heterocycles. The van der Waals surface area contributed by atoms with Crippen molar-refractivity contribution in [2.45, 2.75) is 44.1 Å². The maximum absolute atomic E-state index is 12.7. The molecule has 0 spiro atoms. The van der Waals surface area contributed by atoms with Crippen LogP contribution in [0.1, 0.15) is 53.0 Å². The van der Waals surface area contributed by atoms with Gasteiger partial charge in [0, 0.05) is 9.77 Å². The molecule has 0 saturated heterocycles. The topological polar surface area (TPSA) is 72.0 Å². The first-order valence-electron chi connectivity index (χ1n) is 9.36. The van der Waals surface area contributed by atoms with Gasteiger partial charge < -0.3 is 9.72 Å². The van der Waals surface area contributed by atoms with Gasteiger partial charge in [0.25, 0.3) is 5.56 Å². The van der Waals surface area contributed by atoms with Crippen LogP contribution in [0.4, 0.5) is 0 Å². The first-order valence-corrected chi connectivity index (χ1v) is 11.4. The highest BCUT2D eigenvalue weighted by Crippen LogP contribution is 2.36. The summed E-state index contributed by atoms with van der Waals surface area (Å²) in [5, 5.41) is 0.710. The zero-order chi connectivity index (χ0) is 19.8. The highest BCUT2D eigenvalue weighted by Gasteiger charge is 2.25. The number of nitrogens with one attached hydrogen (secondary N) is 1. The van der Waals surface area contributed by atoms with Crippen LogP contribution >= 0.6 is 23.1 Å². The maximum Gasteiger partial charge on any atom is 0.339 e. The molecule has 5 nitrogen and oxygen atoms in total. The molecule has 146 valence electrons. The number of hydrogen-bond donors (Lipinski definition) is 1. The van der Waals surface area contributed by atoms with Crippen LogP contribution in [0.15, 0.2) is 34.0 Å². The predicted octanol–water partition coefficient (Wildman–Crippen LogP) is 4.75. The number of carbonyl (C=O) groups excluding carboxylic acids is 1. The van der Waals surface area contributed by atoms with Crippen LogP contribution in [0.25, 0.3) is 10.2 Å². The van der Waals surface area contributed by atoms with Gasteiger partial charge in [0.15, 0.2) is 11.9 Å². The Balaban J connectivity index is 1.64. The van der Waals surface area contributed by atoms with Crippen LogP contribution in [0.2, 0.25) is 0 Å². The Morgan fingerprint density at radius 1 is 1.39 bits per heavy atom. The lowest BCUT2D eigenvalue weighted by Crippen LogP contribution is -2.18. The third-order valence-corrected chi connectivity index (χ3v) is 7.12. The van der Waals surface area contributed by atoms with Gasteiger partial charge in [-0.05, 0) is 56.1 Å². The molecule has 1 aromatic carbocycles. The minimum atomic E-state index is -0.641. The van der Waals surface area contributed by atoms with Crippen molar-refractivity contribution >= 4 is 39.3 Å². The summed E-state index contributed by atoms with van der Waals surface area (Å²) in [5.74, 6) is 0.606. The molecule has 2 heterocycles. The van der Waals surface area contributed by atoms with E-state index in [1.54, 1.807) is 24.3 Å². The Kier molecular flexibility index (Phi) is 5.29. The molecule has 0 saturated carbocycles. The van der Waals surface area contributed by atoms with Crippen molar-refractivity contribution in [1.82, 2.24) is 9.97 Å². The molecule has 4 rings (SSSR count). The fourth-order valence-electron chi connectivity index (χ4n) is 3.65. The van der Waals surface area contributed by atoms with Gasteiger partial charge in [0.1, 0.15) is 4.83 Å². The number of benzene rings is 1. The van der Waals surface area contributed by atoms with Crippen molar-refractivity contribution in [1.29, 1.82) is 0 Å². The third-order valence-electron chi connectivity index (χ3n) is 5.18. The van der Waals surface area contributed by atoms with E-state index in [0.29, 0.717) is 22.7 Å². The summed E-state index contributed by atoms with van der Waals surface area (Å²) in [7, 11) is 0. The number of ether oxygens (including phenoxy) is 1. The Labute approximate surface area is 171 Å². The summed E-state index contributed by atoms with van der Waals surface area (Å²) in [5.41, 5.74) is 1.53. The first kappa shape index (κ1) is 19.2. The number of hydrogen-bond acceptors (Lipinski definition) is 6. The number of carbonyl (C=O) groups is 1. The largest absolute Gasteiger partial charge is 0.451 e. The van der Waals surface area contributed by atoms with Crippen molar-refractivity contribution in [3.63, 3.8) is 0 Å². The van der Waals surface area contributed by atoms with Crippen LogP contribution in [0.3, 0.4) is 0 Å². The van der Waals surface area contributed by atoms with E-state index in [4.69, 9.17) is 4.74 Å². The lowest BCUT2D eigenvalue weighted by Gasteiger charge is -2.17. The summed E-state index contributed by atoms with van der Waals surface area (Å²) in [6, 6.07) is 7.33. The van der Waals surface area contributed by atoms with Crippen molar-refractivity contribution in [2.24, 2.45) is 5.92 Å². The van der Waals surface area contributed by atoms with Crippen molar-refractivity contribution in [2.75, 3.05) is 6.26 Å². The quantitative estimate of drug-likeness (QED) is 0.493. The summed E-state index contributed by atoms with van der Waals surface area (Å²) in [6.45, 7) is 3.98. The monoisotopic (exact) mass is 414 g/mol.